The van der Waals surface area contributed by atoms with Crippen LogP contribution < -0.4 is 5.32 Å². The van der Waals surface area contributed by atoms with Gasteiger partial charge in [-0.25, -0.2) is 4.39 Å². The van der Waals surface area contributed by atoms with Crippen LogP contribution in [-0.4, -0.2) is 13.1 Å². The van der Waals surface area contributed by atoms with Gasteiger partial charge in [-0.2, -0.15) is 0 Å². The van der Waals surface area contributed by atoms with Crippen LogP contribution in [0.4, 0.5) is 4.39 Å². The highest BCUT2D eigenvalue weighted by atomic mass is 19.1. The monoisotopic (exact) mass is 205 g/mol. The maximum absolute atomic E-state index is 14.0. The van der Waals surface area contributed by atoms with Gasteiger partial charge in [-0.3, -0.25) is 0 Å². The lowest BCUT2D eigenvalue weighted by atomic mass is 9.91. The van der Waals surface area contributed by atoms with Gasteiger partial charge in [0.25, 0.3) is 0 Å². The van der Waals surface area contributed by atoms with Gasteiger partial charge in [-0.05, 0) is 42.0 Å². The zero-order valence-corrected chi connectivity index (χ0v) is 9.18. The van der Waals surface area contributed by atoms with E-state index in [1.165, 1.54) is 5.56 Å². The second-order valence-electron chi connectivity index (χ2n) is 4.92. The third-order valence-corrected chi connectivity index (χ3v) is 4.16. The third kappa shape index (κ3) is 1.11. The second kappa shape index (κ2) is 3.05. The first-order valence-corrected chi connectivity index (χ1v) is 5.69. The van der Waals surface area contributed by atoms with Crippen molar-refractivity contribution in [3.05, 3.63) is 34.6 Å². The molecule has 0 bridgehead atoms. The third-order valence-electron chi connectivity index (χ3n) is 4.16. The molecular weight excluding hydrogens is 189 g/mol. The van der Waals surface area contributed by atoms with Crippen LogP contribution in [0.25, 0.3) is 0 Å². The Bertz CT molecular complexity index is 413. The van der Waals surface area contributed by atoms with Crippen LogP contribution in [0, 0.1) is 18.7 Å². The van der Waals surface area contributed by atoms with E-state index in [1.807, 2.05) is 13.0 Å². The molecule has 2 aliphatic rings. The first kappa shape index (κ1) is 9.34. The molecule has 0 spiro atoms. The van der Waals surface area contributed by atoms with Crippen molar-refractivity contribution in [2.75, 3.05) is 13.1 Å². The molecule has 1 aromatic carbocycles. The number of benzene rings is 1. The summed E-state index contributed by atoms with van der Waals surface area (Å²) >= 11 is 0. The van der Waals surface area contributed by atoms with Crippen LogP contribution in [0.3, 0.4) is 0 Å². The van der Waals surface area contributed by atoms with E-state index in [9.17, 15) is 4.39 Å². The summed E-state index contributed by atoms with van der Waals surface area (Å²) in [6.45, 7) is 6.08. The molecule has 3 unspecified atom stereocenters. The smallest absolute Gasteiger partial charge is 0.129 e. The number of halogens is 1. The van der Waals surface area contributed by atoms with E-state index >= 15 is 0 Å². The van der Waals surface area contributed by atoms with E-state index in [0.717, 1.165) is 24.2 Å². The zero-order chi connectivity index (χ0) is 10.6. The highest BCUT2D eigenvalue weighted by molar-refractivity contribution is 5.44. The fourth-order valence-electron chi connectivity index (χ4n) is 3.28. The van der Waals surface area contributed by atoms with Crippen LogP contribution >= 0.6 is 0 Å². The average Bonchev–Trinajstić information content (AvgIpc) is 2.76. The van der Waals surface area contributed by atoms with Gasteiger partial charge in [0.15, 0.2) is 0 Å². The van der Waals surface area contributed by atoms with E-state index in [0.29, 0.717) is 17.8 Å². The second-order valence-corrected chi connectivity index (χ2v) is 4.92. The number of aryl methyl sites for hydroxylation is 1. The summed E-state index contributed by atoms with van der Waals surface area (Å²) in [7, 11) is 0. The summed E-state index contributed by atoms with van der Waals surface area (Å²) in [5.41, 5.74) is 3.03. The molecule has 1 heterocycles. The molecule has 0 amide bonds. The van der Waals surface area contributed by atoms with Crippen LogP contribution in [-0.2, 0) is 0 Å². The van der Waals surface area contributed by atoms with E-state index in [2.05, 4.69) is 18.3 Å². The quantitative estimate of drug-likeness (QED) is 0.686. The Balaban J connectivity index is 2.19. The normalized spacial score (nSPS) is 32.9. The van der Waals surface area contributed by atoms with Crippen molar-refractivity contribution in [3.63, 3.8) is 0 Å². The summed E-state index contributed by atoms with van der Waals surface area (Å²) < 4.78 is 14.0. The Morgan fingerprint density at radius 1 is 1.33 bits per heavy atom. The molecule has 1 aromatic rings. The molecule has 1 saturated heterocycles. The highest BCUT2D eigenvalue weighted by Gasteiger charge is 2.42. The molecule has 80 valence electrons. The molecule has 1 fully saturated rings. The Labute approximate surface area is 89.7 Å². The maximum atomic E-state index is 14.0. The maximum Gasteiger partial charge on any atom is 0.129 e. The lowest BCUT2D eigenvalue weighted by Crippen LogP contribution is -2.13. The fraction of sp³-hybridized carbons (Fsp3) is 0.538. The number of fused-ring (bicyclic) bond motifs is 3. The van der Waals surface area contributed by atoms with Crippen LogP contribution in [0.1, 0.15) is 35.4 Å². The van der Waals surface area contributed by atoms with Crippen molar-refractivity contribution >= 4 is 0 Å². The van der Waals surface area contributed by atoms with Crippen molar-refractivity contribution < 1.29 is 4.39 Å². The van der Waals surface area contributed by atoms with Crippen molar-refractivity contribution in [3.8, 4) is 0 Å². The SMILES string of the molecule is Cc1ccc2c(c1F)C(C)C1CNCC21. The number of hydrogen-bond donors (Lipinski definition) is 1. The average molecular weight is 205 g/mol. The zero-order valence-electron chi connectivity index (χ0n) is 9.18. The molecule has 0 radical (unpaired) electrons. The fourth-order valence-corrected chi connectivity index (χ4v) is 3.28. The van der Waals surface area contributed by atoms with Crippen molar-refractivity contribution in [1.82, 2.24) is 5.32 Å². The van der Waals surface area contributed by atoms with Crippen LogP contribution in [0.15, 0.2) is 12.1 Å². The first-order chi connectivity index (χ1) is 7.20. The Kier molecular flexibility index (Phi) is 1.90. The summed E-state index contributed by atoms with van der Waals surface area (Å²) in [5, 5.41) is 3.41. The molecule has 3 rings (SSSR count). The summed E-state index contributed by atoms with van der Waals surface area (Å²) in [5.74, 6) is 1.57. The number of rotatable bonds is 0. The minimum absolute atomic E-state index is 0.0365. The van der Waals surface area contributed by atoms with E-state index < -0.39 is 0 Å². The molecule has 1 aliphatic carbocycles. The van der Waals surface area contributed by atoms with Crippen molar-refractivity contribution in [2.45, 2.75) is 25.7 Å². The number of nitrogens with one attached hydrogen (secondary N) is 1. The molecule has 2 heteroatoms. The van der Waals surface area contributed by atoms with Gasteiger partial charge in [-0.15, -0.1) is 0 Å². The lowest BCUT2D eigenvalue weighted by Gasteiger charge is -2.13. The van der Waals surface area contributed by atoms with E-state index in [1.54, 1.807) is 0 Å². The minimum atomic E-state index is 0.0365. The van der Waals surface area contributed by atoms with Gasteiger partial charge in [-0.1, -0.05) is 19.1 Å². The van der Waals surface area contributed by atoms with Gasteiger partial charge in [0, 0.05) is 12.5 Å². The summed E-state index contributed by atoms with van der Waals surface area (Å²) in [6.07, 6.45) is 0. The molecule has 15 heavy (non-hydrogen) atoms. The van der Waals surface area contributed by atoms with Gasteiger partial charge in [0.05, 0.1) is 0 Å². The van der Waals surface area contributed by atoms with Crippen LogP contribution in [0.5, 0.6) is 0 Å². The largest absolute Gasteiger partial charge is 0.316 e. The van der Waals surface area contributed by atoms with Crippen molar-refractivity contribution in [1.29, 1.82) is 0 Å². The van der Waals surface area contributed by atoms with E-state index in [4.69, 9.17) is 0 Å². The van der Waals surface area contributed by atoms with E-state index in [-0.39, 0.29) is 5.82 Å². The van der Waals surface area contributed by atoms with Gasteiger partial charge < -0.3 is 5.32 Å². The predicted molar refractivity (Wildman–Crippen MR) is 58.7 cm³/mol. The molecule has 1 aliphatic heterocycles. The standard InChI is InChI=1S/C13H16FN/c1-7-3-4-9-11-6-15-5-10(11)8(2)12(9)13(7)14/h3-4,8,10-11,15H,5-6H2,1-2H3. The van der Waals surface area contributed by atoms with Gasteiger partial charge >= 0.3 is 0 Å². The molecule has 1 nitrogen and oxygen atoms in total. The molecular formula is C13H16FN. The Morgan fingerprint density at radius 3 is 2.93 bits per heavy atom. The van der Waals surface area contributed by atoms with Crippen molar-refractivity contribution in [2.24, 2.45) is 5.92 Å². The molecule has 0 saturated carbocycles. The molecule has 1 N–H and O–H groups in total. The summed E-state index contributed by atoms with van der Waals surface area (Å²) in [4.78, 5) is 0. The highest BCUT2D eigenvalue weighted by Crippen LogP contribution is 2.49. The van der Waals surface area contributed by atoms with Gasteiger partial charge in [0.2, 0.25) is 0 Å². The molecule has 3 atom stereocenters. The first-order valence-electron chi connectivity index (χ1n) is 5.69. The van der Waals surface area contributed by atoms with Crippen LogP contribution in [0.2, 0.25) is 0 Å². The molecule has 0 aromatic heterocycles. The topological polar surface area (TPSA) is 12.0 Å². The lowest BCUT2D eigenvalue weighted by molar-refractivity contribution is 0.475. The minimum Gasteiger partial charge on any atom is -0.316 e. The number of hydrogen-bond acceptors (Lipinski definition) is 1. The van der Waals surface area contributed by atoms with Gasteiger partial charge in [0.1, 0.15) is 5.82 Å². The Morgan fingerprint density at radius 2 is 2.13 bits per heavy atom. The summed E-state index contributed by atoms with van der Waals surface area (Å²) in [6, 6.07) is 4.05. The Hall–Kier alpha value is -0.890. The predicted octanol–water partition coefficient (Wildman–Crippen LogP) is 2.55.